The molecule has 2 aromatic rings. The van der Waals surface area contributed by atoms with Gasteiger partial charge in [0.1, 0.15) is 12.4 Å². The second kappa shape index (κ2) is 8.73. The Bertz CT molecular complexity index is 632. The van der Waals surface area contributed by atoms with E-state index >= 15 is 0 Å². The lowest BCUT2D eigenvalue weighted by atomic mass is 10.1. The predicted octanol–water partition coefficient (Wildman–Crippen LogP) is 3.42. The topological polar surface area (TPSA) is 63.6 Å². The number of unbranched alkanes of at least 4 members (excludes halogenated alkanes) is 1. The van der Waals surface area contributed by atoms with E-state index in [0.29, 0.717) is 6.42 Å². The first-order valence-electron chi connectivity index (χ1n) is 7.67. The number of benzene rings is 2. The van der Waals surface area contributed by atoms with Crippen LogP contribution in [0.15, 0.2) is 54.6 Å². The maximum Gasteiger partial charge on any atom is 0.374 e. The fourth-order valence-corrected chi connectivity index (χ4v) is 2.18. The van der Waals surface area contributed by atoms with Crippen molar-refractivity contribution in [2.24, 2.45) is 0 Å². The number of ketones is 1. The Morgan fingerprint density at radius 3 is 2.26 bits per heavy atom. The van der Waals surface area contributed by atoms with Crippen molar-refractivity contribution in [1.82, 2.24) is 0 Å². The van der Waals surface area contributed by atoms with Crippen molar-refractivity contribution in [2.45, 2.75) is 32.3 Å². The third-order valence-corrected chi connectivity index (χ3v) is 3.50. The van der Waals surface area contributed by atoms with E-state index < -0.39 is 11.8 Å². The fourth-order valence-electron chi connectivity index (χ4n) is 2.18. The van der Waals surface area contributed by atoms with Gasteiger partial charge < -0.3 is 9.84 Å². The molecule has 120 valence electrons. The summed E-state index contributed by atoms with van der Waals surface area (Å²) in [5, 5.41) is 9.20. The lowest BCUT2D eigenvalue weighted by molar-refractivity contribution is -0.154. The van der Waals surface area contributed by atoms with Gasteiger partial charge in [0.2, 0.25) is 5.78 Å². The van der Waals surface area contributed by atoms with Crippen molar-refractivity contribution in [2.75, 3.05) is 0 Å². The van der Waals surface area contributed by atoms with Gasteiger partial charge in [0.05, 0.1) is 0 Å². The maximum atomic E-state index is 11.7. The molecule has 0 bridgehead atoms. The van der Waals surface area contributed by atoms with E-state index in [1.165, 1.54) is 0 Å². The van der Waals surface area contributed by atoms with Crippen LogP contribution in [0.3, 0.4) is 0 Å². The maximum absolute atomic E-state index is 11.7. The molecule has 0 radical (unpaired) electrons. The summed E-state index contributed by atoms with van der Waals surface area (Å²) in [6, 6.07) is 16.3. The zero-order valence-electron chi connectivity index (χ0n) is 12.9. The third kappa shape index (κ3) is 5.94. The van der Waals surface area contributed by atoms with Gasteiger partial charge in [-0.3, -0.25) is 4.79 Å². The average molecular weight is 312 g/mol. The first-order chi connectivity index (χ1) is 11.1. The summed E-state index contributed by atoms with van der Waals surface area (Å²) < 4.78 is 5.00. The number of phenolic OH excluding ortho intramolecular Hbond substituents is 1. The molecule has 2 aromatic carbocycles. The molecule has 0 amide bonds. The average Bonchev–Trinajstić information content (AvgIpc) is 2.59. The zero-order chi connectivity index (χ0) is 16.5. The van der Waals surface area contributed by atoms with Crippen LogP contribution in [0, 0.1) is 0 Å². The van der Waals surface area contributed by atoms with Crippen LogP contribution in [-0.4, -0.2) is 16.9 Å². The van der Waals surface area contributed by atoms with E-state index in [2.05, 4.69) is 0 Å². The molecule has 0 saturated heterocycles. The molecular weight excluding hydrogens is 292 g/mol. The Hall–Kier alpha value is -2.62. The molecular formula is C19H20O4. The van der Waals surface area contributed by atoms with Crippen LogP contribution >= 0.6 is 0 Å². The first-order valence-corrected chi connectivity index (χ1v) is 7.67. The Balaban J connectivity index is 1.64. The molecule has 0 aliphatic heterocycles. The monoisotopic (exact) mass is 312 g/mol. The Labute approximate surface area is 135 Å². The van der Waals surface area contributed by atoms with Gasteiger partial charge >= 0.3 is 5.97 Å². The molecule has 1 N–H and O–H groups in total. The van der Waals surface area contributed by atoms with E-state index in [0.717, 1.165) is 24.0 Å². The van der Waals surface area contributed by atoms with Gasteiger partial charge in [-0.15, -0.1) is 0 Å². The number of aryl methyl sites for hydroxylation is 1. The molecule has 0 atom stereocenters. The van der Waals surface area contributed by atoms with Gasteiger partial charge in [0, 0.05) is 6.42 Å². The van der Waals surface area contributed by atoms with Crippen LogP contribution in [0.4, 0.5) is 0 Å². The van der Waals surface area contributed by atoms with E-state index in [1.807, 2.05) is 42.5 Å². The summed E-state index contributed by atoms with van der Waals surface area (Å²) in [7, 11) is 0. The minimum atomic E-state index is -0.765. The van der Waals surface area contributed by atoms with Crippen molar-refractivity contribution < 1.29 is 19.4 Å². The molecule has 4 heteroatoms. The van der Waals surface area contributed by atoms with Crippen LogP contribution < -0.4 is 0 Å². The highest BCUT2D eigenvalue weighted by atomic mass is 16.5. The SMILES string of the molecule is O=C(CCCCc1ccc(O)cc1)C(=O)OCc1ccccc1. The molecule has 0 fully saturated rings. The van der Waals surface area contributed by atoms with Crippen LogP contribution in [0.1, 0.15) is 30.4 Å². The van der Waals surface area contributed by atoms with Crippen molar-refractivity contribution in [3.63, 3.8) is 0 Å². The summed E-state index contributed by atoms with van der Waals surface area (Å²) in [6.07, 6.45) is 2.46. The molecule has 4 nitrogen and oxygen atoms in total. The second-order valence-electron chi connectivity index (χ2n) is 5.36. The van der Waals surface area contributed by atoms with Gasteiger partial charge in [0.25, 0.3) is 0 Å². The van der Waals surface area contributed by atoms with Crippen LogP contribution in [0.2, 0.25) is 0 Å². The summed E-state index contributed by atoms with van der Waals surface area (Å²) >= 11 is 0. The Morgan fingerprint density at radius 1 is 0.870 bits per heavy atom. The lowest BCUT2D eigenvalue weighted by Gasteiger charge is -2.04. The van der Waals surface area contributed by atoms with Crippen molar-refractivity contribution >= 4 is 11.8 Å². The number of hydrogen-bond donors (Lipinski definition) is 1. The highest BCUT2D eigenvalue weighted by Gasteiger charge is 2.14. The molecule has 0 unspecified atom stereocenters. The smallest absolute Gasteiger partial charge is 0.374 e. The molecule has 0 aliphatic rings. The number of rotatable bonds is 8. The number of Topliss-reactive ketones (excluding diaryl/α,β-unsaturated/α-hetero) is 1. The van der Waals surface area contributed by atoms with Gasteiger partial charge in [-0.2, -0.15) is 0 Å². The highest BCUT2D eigenvalue weighted by Crippen LogP contribution is 2.12. The van der Waals surface area contributed by atoms with Gasteiger partial charge in [-0.25, -0.2) is 4.79 Å². The van der Waals surface area contributed by atoms with E-state index in [4.69, 9.17) is 4.74 Å². The summed E-state index contributed by atoms with van der Waals surface area (Å²) in [6.45, 7) is 0.124. The fraction of sp³-hybridized carbons (Fsp3) is 0.263. The number of hydrogen-bond acceptors (Lipinski definition) is 4. The Kier molecular flexibility index (Phi) is 6.36. The lowest BCUT2D eigenvalue weighted by Crippen LogP contribution is -2.17. The van der Waals surface area contributed by atoms with Gasteiger partial charge in [-0.1, -0.05) is 42.5 Å². The van der Waals surface area contributed by atoms with Gasteiger partial charge in [-0.05, 0) is 42.5 Å². The molecule has 0 spiro atoms. The molecule has 23 heavy (non-hydrogen) atoms. The van der Waals surface area contributed by atoms with E-state index in [-0.39, 0.29) is 18.8 Å². The highest BCUT2D eigenvalue weighted by molar-refractivity contribution is 6.33. The van der Waals surface area contributed by atoms with Crippen LogP contribution in [-0.2, 0) is 27.4 Å². The number of aromatic hydroxyl groups is 1. The third-order valence-electron chi connectivity index (χ3n) is 3.50. The Morgan fingerprint density at radius 2 is 1.57 bits per heavy atom. The first kappa shape index (κ1) is 16.7. The summed E-state index contributed by atoms with van der Waals surface area (Å²) in [4.78, 5) is 23.3. The predicted molar refractivity (Wildman–Crippen MR) is 86.9 cm³/mol. The number of ether oxygens (including phenoxy) is 1. The summed E-state index contributed by atoms with van der Waals surface area (Å²) in [5.74, 6) is -1.00. The number of carbonyl (C=O) groups excluding carboxylic acids is 2. The normalized spacial score (nSPS) is 10.3. The van der Waals surface area contributed by atoms with Crippen molar-refractivity contribution in [3.8, 4) is 5.75 Å². The molecule has 0 saturated carbocycles. The molecule has 0 heterocycles. The van der Waals surface area contributed by atoms with Gasteiger partial charge in [0.15, 0.2) is 0 Å². The second-order valence-corrected chi connectivity index (χ2v) is 5.36. The molecule has 2 rings (SSSR count). The molecule has 0 aromatic heterocycles. The summed E-state index contributed by atoms with van der Waals surface area (Å²) in [5.41, 5.74) is 1.96. The number of phenols is 1. The van der Waals surface area contributed by atoms with E-state index in [1.54, 1.807) is 12.1 Å². The largest absolute Gasteiger partial charge is 0.508 e. The minimum absolute atomic E-state index is 0.124. The quantitative estimate of drug-likeness (QED) is 0.461. The minimum Gasteiger partial charge on any atom is -0.508 e. The number of carbonyl (C=O) groups is 2. The number of esters is 1. The standard InChI is InChI=1S/C19H20O4/c20-17-12-10-15(11-13-17)6-4-5-9-18(21)19(22)23-14-16-7-2-1-3-8-16/h1-3,7-8,10-13,20H,4-6,9,14H2. The van der Waals surface area contributed by atoms with Crippen LogP contribution in [0.25, 0.3) is 0 Å². The van der Waals surface area contributed by atoms with Crippen molar-refractivity contribution in [3.05, 3.63) is 65.7 Å². The molecule has 0 aliphatic carbocycles. The van der Waals surface area contributed by atoms with Crippen LogP contribution in [0.5, 0.6) is 5.75 Å². The van der Waals surface area contributed by atoms with E-state index in [9.17, 15) is 14.7 Å². The van der Waals surface area contributed by atoms with Crippen molar-refractivity contribution in [1.29, 1.82) is 0 Å². The zero-order valence-corrected chi connectivity index (χ0v) is 12.9.